The predicted molar refractivity (Wildman–Crippen MR) is 75.4 cm³/mol. The molecule has 0 aliphatic carbocycles. The van der Waals surface area contributed by atoms with Crippen LogP contribution in [0.15, 0.2) is 6.20 Å². The fourth-order valence-corrected chi connectivity index (χ4v) is 2.42. The van der Waals surface area contributed by atoms with E-state index in [1.54, 1.807) is 4.68 Å². The second kappa shape index (κ2) is 6.88. The van der Waals surface area contributed by atoms with Crippen molar-refractivity contribution in [3.8, 4) is 0 Å². The molecule has 18 heavy (non-hydrogen) atoms. The van der Waals surface area contributed by atoms with Gasteiger partial charge in [0.2, 0.25) is 0 Å². The zero-order chi connectivity index (χ0) is 13.6. The molecule has 1 aromatic rings. The highest BCUT2D eigenvalue weighted by Crippen LogP contribution is 2.26. The standard InChI is InChI=1S/C14H28N4/c1-6-7-14(4,11-15-9-12(2)3)8-13-10-18(5)17-16-13/h10,12,15H,6-9,11H2,1-5H3. The molecule has 1 unspecified atom stereocenters. The van der Waals surface area contributed by atoms with Crippen molar-refractivity contribution in [3.63, 3.8) is 0 Å². The molecule has 0 radical (unpaired) electrons. The molecule has 0 aliphatic rings. The van der Waals surface area contributed by atoms with Crippen LogP contribution in [0.2, 0.25) is 0 Å². The molecule has 1 atom stereocenters. The van der Waals surface area contributed by atoms with Gasteiger partial charge in [0.25, 0.3) is 0 Å². The van der Waals surface area contributed by atoms with Gasteiger partial charge in [-0.15, -0.1) is 5.10 Å². The molecule has 0 aliphatic heterocycles. The lowest BCUT2D eigenvalue weighted by atomic mass is 9.81. The van der Waals surface area contributed by atoms with Gasteiger partial charge in [-0.25, -0.2) is 0 Å². The highest BCUT2D eigenvalue weighted by atomic mass is 15.4. The normalized spacial score (nSPS) is 15.0. The van der Waals surface area contributed by atoms with E-state index in [1.165, 1.54) is 12.8 Å². The van der Waals surface area contributed by atoms with Crippen LogP contribution in [0.5, 0.6) is 0 Å². The maximum atomic E-state index is 4.21. The summed E-state index contributed by atoms with van der Waals surface area (Å²) in [5.74, 6) is 0.701. The minimum Gasteiger partial charge on any atom is -0.316 e. The van der Waals surface area contributed by atoms with Crippen molar-refractivity contribution < 1.29 is 0 Å². The lowest BCUT2D eigenvalue weighted by Crippen LogP contribution is -2.35. The summed E-state index contributed by atoms with van der Waals surface area (Å²) in [4.78, 5) is 0. The smallest absolute Gasteiger partial charge is 0.0832 e. The van der Waals surface area contributed by atoms with Gasteiger partial charge in [0.1, 0.15) is 0 Å². The molecule has 0 bridgehead atoms. The highest BCUT2D eigenvalue weighted by Gasteiger charge is 2.24. The van der Waals surface area contributed by atoms with Crippen molar-refractivity contribution in [1.82, 2.24) is 20.3 Å². The first-order chi connectivity index (χ1) is 8.45. The van der Waals surface area contributed by atoms with Crippen LogP contribution in [0.3, 0.4) is 0 Å². The van der Waals surface area contributed by atoms with E-state index in [0.29, 0.717) is 5.92 Å². The van der Waals surface area contributed by atoms with Gasteiger partial charge in [0.05, 0.1) is 5.69 Å². The van der Waals surface area contributed by atoms with Crippen LogP contribution in [0.4, 0.5) is 0 Å². The average molecular weight is 252 g/mol. The zero-order valence-electron chi connectivity index (χ0n) is 12.5. The Bertz CT molecular complexity index is 345. The summed E-state index contributed by atoms with van der Waals surface area (Å²) >= 11 is 0. The van der Waals surface area contributed by atoms with E-state index in [-0.39, 0.29) is 5.41 Å². The Kier molecular flexibility index (Phi) is 5.79. The molecule has 0 amide bonds. The molecule has 1 N–H and O–H groups in total. The van der Waals surface area contributed by atoms with Crippen LogP contribution in [0.1, 0.15) is 46.2 Å². The number of nitrogens with one attached hydrogen (secondary N) is 1. The first-order valence-electron chi connectivity index (χ1n) is 7.01. The number of hydrogen-bond acceptors (Lipinski definition) is 3. The monoisotopic (exact) mass is 252 g/mol. The van der Waals surface area contributed by atoms with Crippen molar-refractivity contribution in [2.24, 2.45) is 18.4 Å². The Morgan fingerprint density at radius 3 is 2.67 bits per heavy atom. The first kappa shape index (κ1) is 15.2. The predicted octanol–water partition coefficient (Wildman–Crippen LogP) is 2.41. The van der Waals surface area contributed by atoms with Gasteiger partial charge in [-0.1, -0.05) is 39.3 Å². The summed E-state index contributed by atoms with van der Waals surface area (Å²) in [6, 6.07) is 0. The molecule has 0 spiro atoms. The molecule has 0 saturated heterocycles. The SMILES string of the molecule is CCCC(C)(CNCC(C)C)Cc1cn(C)nn1. The lowest BCUT2D eigenvalue weighted by Gasteiger charge is -2.29. The van der Waals surface area contributed by atoms with Crippen LogP contribution >= 0.6 is 0 Å². The average Bonchev–Trinajstić information content (AvgIpc) is 2.63. The lowest BCUT2D eigenvalue weighted by molar-refractivity contribution is 0.268. The first-order valence-corrected chi connectivity index (χ1v) is 7.01. The Morgan fingerprint density at radius 2 is 2.17 bits per heavy atom. The largest absolute Gasteiger partial charge is 0.316 e. The van der Waals surface area contributed by atoms with Crippen molar-refractivity contribution in [2.75, 3.05) is 13.1 Å². The van der Waals surface area contributed by atoms with Crippen molar-refractivity contribution in [2.45, 2.75) is 47.0 Å². The number of hydrogen-bond donors (Lipinski definition) is 1. The number of aromatic nitrogens is 3. The van der Waals surface area contributed by atoms with Gasteiger partial charge < -0.3 is 5.32 Å². The van der Waals surface area contributed by atoms with E-state index in [9.17, 15) is 0 Å². The fraction of sp³-hybridized carbons (Fsp3) is 0.857. The summed E-state index contributed by atoms with van der Waals surface area (Å²) in [6.45, 7) is 11.2. The Balaban J connectivity index is 2.55. The maximum absolute atomic E-state index is 4.21. The molecule has 0 saturated carbocycles. The van der Waals surface area contributed by atoms with E-state index >= 15 is 0 Å². The fourth-order valence-electron chi connectivity index (χ4n) is 2.42. The Hall–Kier alpha value is -0.900. The van der Waals surface area contributed by atoms with Crippen molar-refractivity contribution in [3.05, 3.63) is 11.9 Å². The molecule has 0 aromatic carbocycles. The van der Waals surface area contributed by atoms with Gasteiger partial charge in [-0.2, -0.15) is 0 Å². The molecule has 104 valence electrons. The summed E-state index contributed by atoms with van der Waals surface area (Å²) in [5, 5.41) is 11.8. The number of aryl methyl sites for hydroxylation is 1. The minimum atomic E-state index is 0.277. The van der Waals surface area contributed by atoms with Gasteiger partial charge >= 0.3 is 0 Å². The molecular weight excluding hydrogens is 224 g/mol. The molecule has 1 aromatic heterocycles. The summed E-state index contributed by atoms with van der Waals surface area (Å²) in [6.07, 6.45) is 5.45. The quantitative estimate of drug-likeness (QED) is 0.772. The third-order valence-corrected chi connectivity index (χ3v) is 3.22. The highest BCUT2D eigenvalue weighted by molar-refractivity contribution is 4.98. The summed E-state index contributed by atoms with van der Waals surface area (Å²) in [7, 11) is 1.92. The van der Waals surface area contributed by atoms with E-state index in [2.05, 4.69) is 43.3 Å². The molecule has 4 heteroatoms. The van der Waals surface area contributed by atoms with Gasteiger partial charge in [-0.05, 0) is 30.7 Å². The van der Waals surface area contributed by atoms with E-state index < -0.39 is 0 Å². The zero-order valence-corrected chi connectivity index (χ0v) is 12.5. The summed E-state index contributed by atoms with van der Waals surface area (Å²) < 4.78 is 1.78. The van der Waals surface area contributed by atoms with E-state index in [4.69, 9.17) is 0 Å². The van der Waals surface area contributed by atoms with Crippen LogP contribution in [0.25, 0.3) is 0 Å². The third-order valence-electron chi connectivity index (χ3n) is 3.22. The van der Waals surface area contributed by atoms with Crippen molar-refractivity contribution >= 4 is 0 Å². The van der Waals surface area contributed by atoms with Crippen LogP contribution < -0.4 is 5.32 Å². The van der Waals surface area contributed by atoms with Gasteiger partial charge in [0, 0.05) is 19.8 Å². The molecule has 4 nitrogen and oxygen atoms in total. The molecular formula is C14H28N4. The Morgan fingerprint density at radius 1 is 1.44 bits per heavy atom. The second-order valence-corrected chi connectivity index (χ2v) is 6.15. The summed E-state index contributed by atoms with van der Waals surface area (Å²) in [5.41, 5.74) is 1.37. The molecule has 0 fully saturated rings. The van der Waals surface area contributed by atoms with Gasteiger partial charge in [0.15, 0.2) is 0 Å². The van der Waals surface area contributed by atoms with E-state index in [0.717, 1.165) is 25.2 Å². The van der Waals surface area contributed by atoms with Crippen LogP contribution in [-0.2, 0) is 13.5 Å². The maximum Gasteiger partial charge on any atom is 0.0832 e. The second-order valence-electron chi connectivity index (χ2n) is 6.15. The topological polar surface area (TPSA) is 42.7 Å². The molecule has 1 heterocycles. The third kappa shape index (κ3) is 5.17. The number of nitrogens with zero attached hydrogens (tertiary/aromatic N) is 3. The van der Waals surface area contributed by atoms with Crippen molar-refractivity contribution in [1.29, 1.82) is 0 Å². The Labute approximate surface area is 111 Å². The number of rotatable bonds is 8. The minimum absolute atomic E-state index is 0.277. The molecule has 1 rings (SSSR count). The van der Waals surface area contributed by atoms with Crippen LogP contribution in [0, 0.1) is 11.3 Å². The van der Waals surface area contributed by atoms with E-state index in [1.807, 2.05) is 13.2 Å². The van der Waals surface area contributed by atoms with Crippen LogP contribution in [-0.4, -0.2) is 28.1 Å². The van der Waals surface area contributed by atoms with Gasteiger partial charge in [-0.3, -0.25) is 4.68 Å².